The molecule has 0 unspecified atom stereocenters. The fourth-order valence-electron chi connectivity index (χ4n) is 1.99. The standard InChI is InChI=1S/C15H13Cl2N3O3/c1-19(2)14-6-3-9(16)7-13(14)18-15(21)11-5-4-10(20(22)23)8-12(11)17/h3-8H,1-2H3,(H,18,21). The van der Waals surface area contributed by atoms with Crippen LogP contribution in [0.3, 0.4) is 0 Å². The van der Waals surface area contributed by atoms with Crippen LogP contribution in [0.15, 0.2) is 36.4 Å². The average Bonchev–Trinajstić information content (AvgIpc) is 2.46. The number of amides is 1. The number of benzene rings is 2. The largest absolute Gasteiger partial charge is 0.376 e. The summed E-state index contributed by atoms with van der Waals surface area (Å²) in [6.45, 7) is 0. The minimum atomic E-state index is -0.575. The monoisotopic (exact) mass is 353 g/mol. The summed E-state index contributed by atoms with van der Waals surface area (Å²) in [6, 6.07) is 8.79. The Balaban J connectivity index is 2.33. The number of non-ortho nitro benzene ring substituents is 1. The number of nitro benzene ring substituents is 1. The molecule has 0 radical (unpaired) electrons. The van der Waals surface area contributed by atoms with E-state index in [4.69, 9.17) is 23.2 Å². The Morgan fingerprint density at radius 3 is 2.43 bits per heavy atom. The zero-order chi connectivity index (χ0) is 17.1. The van der Waals surface area contributed by atoms with E-state index in [2.05, 4.69) is 5.32 Å². The number of nitro groups is 1. The van der Waals surface area contributed by atoms with Gasteiger partial charge in [-0.1, -0.05) is 23.2 Å². The van der Waals surface area contributed by atoms with Crippen LogP contribution >= 0.6 is 23.2 Å². The first-order valence-corrected chi connectivity index (χ1v) is 7.27. The van der Waals surface area contributed by atoms with Crippen LogP contribution in [0.2, 0.25) is 10.0 Å². The number of hydrogen-bond acceptors (Lipinski definition) is 4. The maximum absolute atomic E-state index is 12.4. The topological polar surface area (TPSA) is 75.5 Å². The molecule has 0 heterocycles. The lowest BCUT2D eigenvalue weighted by Crippen LogP contribution is -2.17. The third kappa shape index (κ3) is 3.91. The number of rotatable bonds is 4. The van der Waals surface area contributed by atoms with Crippen molar-refractivity contribution in [1.29, 1.82) is 0 Å². The van der Waals surface area contributed by atoms with Crippen molar-refractivity contribution in [1.82, 2.24) is 0 Å². The van der Waals surface area contributed by atoms with Crippen LogP contribution in [-0.2, 0) is 0 Å². The van der Waals surface area contributed by atoms with Gasteiger partial charge in [0.2, 0.25) is 0 Å². The minimum Gasteiger partial charge on any atom is -0.376 e. The molecule has 1 amide bonds. The third-order valence-corrected chi connectivity index (χ3v) is 3.64. The second-order valence-corrected chi connectivity index (χ2v) is 5.77. The second kappa shape index (κ2) is 6.85. The molecule has 6 nitrogen and oxygen atoms in total. The molecular formula is C15H13Cl2N3O3. The number of nitrogens with zero attached hydrogens (tertiary/aromatic N) is 2. The van der Waals surface area contributed by atoms with Gasteiger partial charge in [-0.3, -0.25) is 14.9 Å². The van der Waals surface area contributed by atoms with E-state index in [-0.39, 0.29) is 16.3 Å². The summed E-state index contributed by atoms with van der Waals surface area (Å²) in [4.78, 5) is 24.3. The van der Waals surface area contributed by atoms with Gasteiger partial charge in [0.15, 0.2) is 0 Å². The van der Waals surface area contributed by atoms with Crippen molar-refractivity contribution in [2.45, 2.75) is 0 Å². The number of carbonyl (C=O) groups is 1. The SMILES string of the molecule is CN(C)c1ccc(Cl)cc1NC(=O)c1ccc([N+](=O)[O-])cc1Cl. The summed E-state index contributed by atoms with van der Waals surface area (Å²) >= 11 is 11.9. The first kappa shape index (κ1) is 17.1. The highest BCUT2D eigenvalue weighted by molar-refractivity contribution is 6.35. The number of hydrogen-bond donors (Lipinski definition) is 1. The fraction of sp³-hybridized carbons (Fsp3) is 0.133. The van der Waals surface area contributed by atoms with Crippen molar-refractivity contribution >= 4 is 46.2 Å². The van der Waals surface area contributed by atoms with Gasteiger partial charge in [0.1, 0.15) is 0 Å². The molecule has 0 aliphatic carbocycles. The highest BCUT2D eigenvalue weighted by atomic mass is 35.5. The van der Waals surface area contributed by atoms with E-state index in [1.54, 1.807) is 18.2 Å². The van der Waals surface area contributed by atoms with Crippen LogP contribution in [0, 0.1) is 10.1 Å². The van der Waals surface area contributed by atoms with E-state index in [1.807, 2.05) is 19.0 Å². The lowest BCUT2D eigenvalue weighted by atomic mass is 10.1. The molecule has 0 saturated carbocycles. The van der Waals surface area contributed by atoms with Gasteiger partial charge in [-0.25, -0.2) is 0 Å². The number of carbonyl (C=O) groups excluding carboxylic acids is 1. The Morgan fingerprint density at radius 1 is 1.17 bits per heavy atom. The highest BCUT2D eigenvalue weighted by Gasteiger charge is 2.16. The average molecular weight is 354 g/mol. The number of nitrogens with one attached hydrogen (secondary N) is 1. The molecule has 0 atom stereocenters. The van der Waals surface area contributed by atoms with Crippen LogP contribution in [0.5, 0.6) is 0 Å². The van der Waals surface area contributed by atoms with Crippen molar-refractivity contribution in [2.75, 3.05) is 24.3 Å². The zero-order valence-electron chi connectivity index (χ0n) is 12.3. The Hall–Kier alpha value is -2.31. The van der Waals surface area contributed by atoms with Crippen molar-refractivity contribution in [3.63, 3.8) is 0 Å². The Kier molecular flexibility index (Phi) is 5.08. The molecule has 2 aromatic rings. The van der Waals surface area contributed by atoms with Crippen LogP contribution in [0.1, 0.15) is 10.4 Å². The van der Waals surface area contributed by atoms with E-state index in [0.29, 0.717) is 10.7 Å². The maximum atomic E-state index is 12.4. The molecule has 8 heteroatoms. The van der Waals surface area contributed by atoms with Crippen molar-refractivity contribution in [3.8, 4) is 0 Å². The predicted octanol–water partition coefficient (Wildman–Crippen LogP) is 4.22. The lowest BCUT2D eigenvalue weighted by molar-refractivity contribution is -0.384. The van der Waals surface area contributed by atoms with Gasteiger partial charge in [-0.2, -0.15) is 0 Å². The van der Waals surface area contributed by atoms with E-state index in [9.17, 15) is 14.9 Å². The molecule has 2 aromatic carbocycles. The van der Waals surface area contributed by atoms with Crippen LogP contribution in [0.4, 0.5) is 17.1 Å². The van der Waals surface area contributed by atoms with Gasteiger partial charge in [-0.05, 0) is 24.3 Å². The van der Waals surface area contributed by atoms with Crippen molar-refractivity contribution in [2.24, 2.45) is 0 Å². The zero-order valence-corrected chi connectivity index (χ0v) is 13.9. The smallest absolute Gasteiger partial charge is 0.270 e. The van der Waals surface area contributed by atoms with Gasteiger partial charge in [0.05, 0.1) is 26.9 Å². The maximum Gasteiger partial charge on any atom is 0.270 e. The quantitative estimate of drug-likeness (QED) is 0.659. The normalized spacial score (nSPS) is 10.3. The van der Waals surface area contributed by atoms with Crippen molar-refractivity contribution < 1.29 is 9.72 Å². The molecule has 120 valence electrons. The molecule has 0 aromatic heterocycles. The summed E-state index contributed by atoms with van der Waals surface area (Å²) in [5, 5.41) is 13.9. The first-order chi connectivity index (χ1) is 10.8. The molecule has 0 saturated heterocycles. The molecule has 0 aliphatic heterocycles. The molecule has 0 spiro atoms. The molecule has 2 rings (SSSR count). The van der Waals surface area contributed by atoms with Crippen LogP contribution < -0.4 is 10.2 Å². The molecule has 1 N–H and O–H groups in total. The van der Waals surface area contributed by atoms with E-state index in [1.165, 1.54) is 12.1 Å². The molecule has 0 fully saturated rings. The van der Waals surface area contributed by atoms with E-state index >= 15 is 0 Å². The van der Waals surface area contributed by atoms with Gasteiger partial charge >= 0.3 is 0 Å². The van der Waals surface area contributed by atoms with E-state index < -0.39 is 10.8 Å². The van der Waals surface area contributed by atoms with Gasteiger partial charge < -0.3 is 10.2 Å². The summed E-state index contributed by atoms with van der Waals surface area (Å²) in [7, 11) is 3.66. The van der Waals surface area contributed by atoms with Crippen molar-refractivity contribution in [3.05, 3.63) is 62.1 Å². The first-order valence-electron chi connectivity index (χ1n) is 6.51. The summed E-state index contributed by atoms with van der Waals surface area (Å²) in [6.07, 6.45) is 0. The van der Waals surface area contributed by atoms with Crippen LogP contribution in [0.25, 0.3) is 0 Å². The van der Waals surface area contributed by atoms with E-state index in [0.717, 1.165) is 11.8 Å². The van der Waals surface area contributed by atoms with Gasteiger partial charge in [0.25, 0.3) is 11.6 Å². The molecular weight excluding hydrogens is 341 g/mol. The van der Waals surface area contributed by atoms with Gasteiger partial charge in [-0.15, -0.1) is 0 Å². The Morgan fingerprint density at radius 2 is 1.87 bits per heavy atom. The number of anilines is 2. The van der Waals surface area contributed by atoms with Crippen LogP contribution in [-0.4, -0.2) is 24.9 Å². The highest BCUT2D eigenvalue weighted by Crippen LogP contribution is 2.29. The Bertz CT molecular complexity index is 779. The fourth-order valence-corrected chi connectivity index (χ4v) is 2.42. The second-order valence-electron chi connectivity index (χ2n) is 4.93. The third-order valence-electron chi connectivity index (χ3n) is 3.10. The summed E-state index contributed by atoms with van der Waals surface area (Å²) in [5.74, 6) is -0.477. The molecule has 23 heavy (non-hydrogen) atoms. The van der Waals surface area contributed by atoms with Gasteiger partial charge in [0, 0.05) is 31.3 Å². The lowest BCUT2D eigenvalue weighted by Gasteiger charge is -2.18. The molecule has 0 bridgehead atoms. The summed E-state index contributed by atoms with van der Waals surface area (Å²) < 4.78 is 0. The minimum absolute atomic E-state index is 0.00475. The number of halogens is 2. The summed E-state index contributed by atoms with van der Waals surface area (Å²) in [5.41, 5.74) is 1.24. The predicted molar refractivity (Wildman–Crippen MR) is 91.8 cm³/mol. The Labute approximate surface area is 142 Å². The molecule has 0 aliphatic rings.